The number of allylic oxidation sites excluding steroid dienone is 1. The number of urea groups is 1. The number of halogens is 1. The molecule has 3 aromatic rings. The highest BCUT2D eigenvalue weighted by molar-refractivity contribution is 6.35. The molecule has 2 aromatic carbocycles. The fourth-order valence-electron chi connectivity index (χ4n) is 4.39. The second kappa shape index (κ2) is 11.7. The Kier molecular flexibility index (Phi) is 8.40. The molecule has 10 heteroatoms. The molecule has 2 aliphatic rings. The lowest BCUT2D eigenvalue weighted by Gasteiger charge is -2.36. The molecule has 5 rings (SSSR count). The average Bonchev–Trinajstić information content (AvgIpc) is 3.76. The normalized spacial score (nSPS) is 14.3. The van der Waals surface area contributed by atoms with Crippen molar-refractivity contribution >= 4 is 46.6 Å². The van der Waals surface area contributed by atoms with E-state index in [4.69, 9.17) is 26.1 Å². The molecule has 0 spiro atoms. The number of aromatic nitrogens is 2. The number of ether oxygens (including phenoxy) is 2. The number of fused-ring (bicyclic) bond motifs is 1. The summed E-state index contributed by atoms with van der Waals surface area (Å²) in [6, 6.07) is 10.6. The van der Waals surface area contributed by atoms with Crippen LogP contribution in [-0.2, 0) is 17.8 Å². The number of methoxy groups -OCH3 is 2. The Morgan fingerprint density at radius 2 is 2.00 bits per heavy atom. The van der Waals surface area contributed by atoms with E-state index in [9.17, 15) is 9.59 Å². The molecule has 0 radical (unpaired) electrons. The minimum Gasteiger partial charge on any atom is -0.497 e. The molecule has 0 atom stereocenters. The average molecular weight is 550 g/mol. The Balaban J connectivity index is 0.00000353. The molecule has 2 heterocycles. The number of carbonyl (C=O) groups excluding carboxylic acids is 2. The summed E-state index contributed by atoms with van der Waals surface area (Å²) >= 11 is 6.64. The Morgan fingerprint density at radius 3 is 2.69 bits per heavy atom. The molecule has 0 saturated heterocycles. The zero-order chi connectivity index (χ0) is 26.8. The van der Waals surface area contributed by atoms with Crippen molar-refractivity contribution in [2.45, 2.75) is 33.2 Å². The summed E-state index contributed by atoms with van der Waals surface area (Å²) < 4.78 is 10.8. The van der Waals surface area contributed by atoms with E-state index in [2.05, 4.69) is 16.9 Å². The maximum atomic E-state index is 13.9. The van der Waals surface area contributed by atoms with E-state index < -0.39 is 0 Å². The van der Waals surface area contributed by atoms with Gasteiger partial charge in [0, 0.05) is 42.5 Å². The number of ketones is 1. The number of rotatable bonds is 10. The Labute approximate surface area is 233 Å². The standard InChI is InChI=1S/C28H28ClN5O4.CH4/c1-4-20(35)11-18-7-5-6-8-22(18)31-27-30-14-19-16-33(23-12-21(37-2)13-24(38-3)25(23)29)28(36)34(26(19)32-27)15-17-9-10-17;/h4-8,12-14,17H,1,9-11,15-16H2,2-3H3,(H,30,31,32);1H4. The van der Waals surface area contributed by atoms with E-state index >= 15 is 0 Å². The van der Waals surface area contributed by atoms with Gasteiger partial charge in [-0.1, -0.05) is 43.8 Å². The topological polar surface area (TPSA) is 96.9 Å². The number of carbonyl (C=O) groups is 2. The summed E-state index contributed by atoms with van der Waals surface area (Å²) in [6.07, 6.45) is 5.36. The highest BCUT2D eigenvalue weighted by atomic mass is 35.5. The summed E-state index contributed by atoms with van der Waals surface area (Å²) in [6.45, 7) is 4.33. The van der Waals surface area contributed by atoms with Crippen LogP contribution < -0.4 is 24.6 Å². The van der Waals surface area contributed by atoms with Crippen LogP contribution in [0, 0.1) is 5.92 Å². The number of hydrogen-bond acceptors (Lipinski definition) is 7. The van der Waals surface area contributed by atoms with Crippen molar-refractivity contribution in [2.75, 3.05) is 35.9 Å². The second-order valence-corrected chi connectivity index (χ2v) is 9.64. The zero-order valence-electron chi connectivity index (χ0n) is 21.2. The number of amides is 2. The minimum atomic E-state index is -0.233. The number of nitrogens with one attached hydrogen (secondary N) is 1. The highest BCUT2D eigenvalue weighted by Crippen LogP contribution is 2.43. The van der Waals surface area contributed by atoms with Gasteiger partial charge in [-0.25, -0.2) is 9.78 Å². The lowest BCUT2D eigenvalue weighted by molar-refractivity contribution is -0.114. The van der Waals surface area contributed by atoms with Crippen LogP contribution in [0.5, 0.6) is 11.5 Å². The molecule has 1 N–H and O–H groups in total. The molecule has 1 aliphatic heterocycles. The zero-order valence-corrected chi connectivity index (χ0v) is 22.0. The van der Waals surface area contributed by atoms with Gasteiger partial charge in [-0.3, -0.25) is 14.6 Å². The van der Waals surface area contributed by atoms with Crippen LogP contribution in [-0.4, -0.2) is 42.5 Å². The van der Waals surface area contributed by atoms with E-state index in [1.807, 2.05) is 24.3 Å². The largest absolute Gasteiger partial charge is 0.497 e. The van der Waals surface area contributed by atoms with E-state index in [1.165, 1.54) is 13.2 Å². The van der Waals surface area contributed by atoms with Crippen LogP contribution in [0.1, 0.15) is 31.4 Å². The van der Waals surface area contributed by atoms with Crippen molar-refractivity contribution < 1.29 is 19.1 Å². The molecule has 2 amide bonds. The van der Waals surface area contributed by atoms with Gasteiger partial charge in [0.15, 0.2) is 5.78 Å². The molecule has 0 unspecified atom stereocenters. The van der Waals surface area contributed by atoms with Crippen LogP contribution in [0.4, 0.5) is 27.9 Å². The van der Waals surface area contributed by atoms with Gasteiger partial charge < -0.3 is 14.8 Å². The molecule has 0 bridgehead atoms. The molecule has 1 saturated carbocycles. The van der Waals surface area contributed by atoms with Gasteiger partial charge in [0.05, 0.1) is 26.5 Å². The van der Waals surface area contributed by atoms with Gasteiger partial charge in [0.2, 0.25) is 5.95 Å². The van der Waals surface area contributed by atoms with Crippen molar-refractivity contribution in [3.05, 3.63) is 71.4 Å². The number of hydrogen-bond donors (Lipinski definition) is 1. The molecule has 39 heavy (non-hydrogen) atoms. The molecule has 1 fully saturated rings. The first-order valence-corrected chi connectivity index (χ1v) is 12.7. The molecule has 1 aliphatic carbocycles. The van der Waals surface area contributed by atoms with Crippen LogP contribution >= 0.6 is 11.6 Å². The predicted octanol–water partition coefficient (Wildman–Crippen LogP) is 6.18. The summed E-state index contributed by atoms with van der Waals surface area (Å²) in [5, 5.41) is 3.54. The molecule has 9 nitrogen and oxygen atoms in total. The molecular weight excluding hydrogens is 518 g/mol. The molecule has 1 aromatic heterocycles. The van der Waals surface area contributed by atoms with E-state index in [0.717, 1.165) is 29.7 Å². The van der Waals surface area contributed by atoms with E-state index in [1.54, 1.807) is 35.2 Å². The Morgan fingerprint density at radius 1 is 1.23 bits per heavy atom. The molecular formula is C29H32ClN5O4. The van der Waals surface area contributed by atoms with E-state index in [0.29, 0.717) is 46.4 Å². The first-order valence-electron chi connectivity index (χ1n) is 12.3. The van der Waals surface area contributed by atoms with Gasteiger partial charge in [0.1, 0.15) is 22.3 Å². The second-order valence-electron chi connectivity index (χ2n) is 9.26. The first kappa shape index (κ1) is 27.9. The third kappa shape index (κ3) is 5.83. The monoisotopic (exact) mass is 549 g/mol. The SMILES string of the molecule is C.C=CC(=O)Cc1ccccc1Nc1ncc2c(n1)N(CC1CC1)C(=O)N(c1cc(OC)cc(OC)c1Cl)C2. The lowest BCUT2D eigenvalue weighted by atomic mass is 10.1. The van der Waals surface area contributed by atoms with Crippen molar-refractivity contribution in [3.8, 4) is 11.5 Å². The summed E-state index contributed by atoms with van der Waals surface area (Å²) in [7, 11) is 3.07. The van der Waals surface area contributed by atoms with Crippen molar-refractivity contribution in [1.82, 2.24) is 9.97 Å². The van der Waals surface area contributed by atoms with Crippen molar-refractivity contribution in [3.63, 3.8) is 0 Å². The summed E-state index contributed by atoms with van der Waals surface area (Å²) in [5.74, 6) is 2.17. The van der Waals surface area contributed by atoms with Gasteiger partial charge in [-0.05, 0) is 36.5 Å². The fraction of sp³-hybridized carbons (Fsp3) is 0.310. The summed E-state index contributed by atoms with van der Waals surface area (Å²) in [5.41, 5.74) is 2.79. The van der Waals surface area contributed by atoms with E-state index in [-0.39, 0.29) is 32.2 Å². The van der Waals surface area contributed by atoms with Gasteiger partial charge in [0.25, 0.3) is 0 Å². The highest BCUT2D eigenvalue weighted by Gasteiger charge is 2.38. The van der Waals surface area contributed by atoms with Crippen LogP contribution in [0.3, 0.4) is 0 Å². The van der Waals surface area contributed by atoms with Gasteiger partial charge in [-0.15, -0.1) is 0 Å². The summed E-state index contributed by atoms with van der Waals surface area (Å²) in [4.78, 5) is 38.4. The smallest absolute Gasteiger partial charge is 0.330 e. The lowest BCUT2D eigenvalue weighted by Crippen LogP contribution is -2.49. The maximum absolute atomic E-state index is 13.9. The van der Waals surface area contributed by atoms with Crippen molar-refractivity contribution in [1.29, 1.82) is 0 Å². The minimum absolute atomic E-state index is 0. The van der Waals surface area contributed by atoms with Gasteiger partial charge in [-0.2, -0.15) is 4.98 Å². The third-order valence-electron chi connectivity index (χ3n) is 6.62. The first-order chi connectivity index (χ1) is 18.4. The Bertz CT molecular complexity index is 1410. The van der Waals surface area contributed by atoms with Crippen LogP contribution in [0.25, 0.3) is 0 Å². The number of benzene rings is 2. The fourth-order valence-corrected chi connectivity index (χ4v) is 4.68. The Hall–Kier alpha value is -4.11. The maximum Gasteiger partial charge on any atom is 0.330 e. The quantitative estimate of drug-likeness (QED) is 0.301. The van der Waals surface area contributed by atoms with Crippen LogP contribution in [0.2, 0.25) is 5.02 Å². The molecule has 204 valence electrons. The number of anilines is 4. The third-order valence-corrected chi connectivity index (χ3v) is 7.00. The van der Waals surface area contributed by atoms with Crippen LogP contribution in [0.15, 0.2) is 55.3 Å². The number of nitrogens with zero attached hydrogens (tertiary/aromatic N) is 4. The van der Waals surface area contributed by atoms with Gasteiger partial charge >= 0.3 is 6.03 Å². The number of para-hydroxylation sites is 1. The van der Waals surface area contributed by atoms with Crippen molar-refractivity contribution in [2.24, 2.45) is 5.92 Å². The predicted molar refractivity (Wildman–Crippen MR) is 154 cm³/mol.